The van der Waals surface area contributed by atoms with Gasteiger partial charge >= 0.3 is 0 Å². The van der Waals surface area contributed by atoms with Crippen LogP contribution in [-0.2, 0) is 0 Å². The van der Waals surface area contributed by atoms with Gasteiger partial charge in [0.2, 0.25) is 0 Å². The number of rotatable bonds is 1. The molecule has 1 heterocycles. The van der Waals surface area contributed by atoms with Crippen LogP contribution in [0.4, 0.5) is 5.69 Å². The van der Waals surface area contributed by atoms with Gasteiger partial charge in [-0.25, -0.2) is 0 Å². The molecule has 2 nitrogen and oxygen atoms in total. The summed E-state index contributed by atoms with van der Waals surface area (Å²) in [5, 5.41) is 4.58. The van der Waals surface area contributed by atoms with Crippen LogP contribution in [0.2, 0.25) is 5.02 Å². The highest BCUT2D eigenvalue weighted by molar-refractivity contribution is 9.10. The average Bonchev–Trinajstić information content (AvgIpc) is 2.43. The molecule has 104 valence electrons. The van der Waals surface area contributed by atoms with E-state index in [-0.39, 0.29) is 0 Å². The molecule has 4 heteroatoms. The molecule has 0 unspecified atom stereocenters. The number of hydrogen-bond donors (Lipinski definition) is 1. The predicted molar refractivity (Wildman–Crippen MR) is 85.2 cm³/mol. The van der Waals surface area contributed by atoms with Crippen molar-refractivity contribution in [3.8, 4) is 0 Å². The molecule has 1 aliphatic carbocycles. The Morgan fingerprint density at radius 1 is 1.21 bits per heavy atom. The molecule has 1 saturated carbocycles. The van der Waals surface area contributed by atoms with Crippen molar-refractivity contribution in [2.75, 3.05) is 24.5 Å². The molecule has 1 aromatic carbocycles. The Hall–Kier alpha value is -0.250. The highest BCUT2D eigenvalue weighted by Crippen LogP contribution is 2.34. The normalized spacial score (nSPS) is 22.7. The molecule has 1 aromatic rings. The van der Waals surface area contributed by atoms with Crippen molar-refractivity contribution in [2.24, 2.45) is 0 Å². The fourth-order valence-electron chi connectivity index (χ4n) is 3.42. The number of piperazine rings is 1. The lowest BCUT2D eigenvalue weighted by Gasteiger charge is -2.47. The van der Waals surface area contributed by atoms with Gasteiger partial charge in [-0.1, -0.05) is 30.9 Å². The molecule has 1 aliphatic heterocycles. The third kappa shape index (κ3) is 2.93. The van der Waals surface area contributed by atoms with Crippen molar-refractivity contribution < 1.29 is 0 Å². The van der Waals surface area contributed by atoms with E-state index in [9.17, 15) is 0 Å². The minimum absolute atomic E-state index is 0.343. The number of nitrogens with zero attached hydrogens (tertiary/aromatic N) is 1. The lowest BCUT2D eigenvalue weighted by atomic mass is 9.80. The SMILES string of the molecule is Clc1cc(N2CCNC3(CCCCC3)C2)ccc1Br. The highest BCUT2D eigenvalue weighted by atomic mass is 79.9. The summed E-state index contributed by atoms with van der Waals surface area (Å²) in [6.07, 6.45) is 6.75. The number of anilines is 1. The quantitative estimate of drug-likeness (QED) is 0.821. The molecule has 2 fully saturated rings. The van der Waals surface area contributed by atoms with Crippen molar-refractivity contribution >= 4 is 33.2 Å². The minimum atomic E-state index is 0.343. The largest absolute Gasteiger partial charge is 0.368 e. The van der Waals surface area contributed by atoms with Gasteiger partial charge in [0.25, 0.3) is 0 Å². The third-order valence-electron chi connectivity index (χ3n) is 4.45. The van der Waals surface area contributed by atoms with E-state index in [1.807, 2.05) is 6.07 Å². The standard InChI is InChI=1S/C15H20BrClN2/c16-13-5-4-12(10-14(13)17)19-9-8-18-15(11-19)6-2-1-3-7-15/h4-5,10,18H,1-3,6-9,11H2. The van der Waals surface area contributed by atoms with E-state index in [0.29, 0.717) is 5.54 Å². The molecule has 1 saturated heterocycles. The van der Waals surface area contributed by atoms with E-state index in [2.05, 4.69) is 38.3 Å². The van der Waals surface area contributed by atoms with E-state index in [4.69, 9.17) is 11.6 Å². The Morgan fingerprint density at radius 3 is 2.74 bits per heavy atom. The molecule has 1 spiro atoms. The van der Waals surface area contributed by atoms with E-state index in [1.54, 1.807) is 0 Å². The van der Waals surface area contributed by atoms with Gasteiger partial charge in [-0.15, -0.1) is 0 Å². The molecule has 0 aromatic heterocycles. The summed E-state index contributed by atoms with van der Waals surface area (Å²) >= 11 is 9.68. The van der Waals surface area contributed by atoms with Crippen molar-refractivity contribution in [2.45, 2.75) is 37.6 Å². The van der Waals surface area contributed by atoms with Crippen molar-refractivity contribution in [1.82, 2.24) is 5.32 Å². The molecule has 19 heavy (non-hydrogen) atoms. The molecule has 0 atom stereocenters. The number of nitrogens with one attached hydrogen (secondary N) is 1. The summed E-state index contributed by atoms with van der Waals surface area (Å²) < 4.78 is 0.973. The van der Waals surface area contributed by atoms with Crippen LogP contribution in [0.3, 0.4) is 0 Å². The van der Waals surface area contributed by atoms with Crippen molar-refractivity contribution in [3.63, 3.8) is 0 Å². The highest BCUT2D eigenvalue weighted by Gasteiger charge is 2.36. The molecule has 2 aliphatic rings. The summed E-state index contributed by atoms with van der Waals surface area (Å²) in [5.41, 5.74) is 1.59. The Bertz CT molecular complexity index is 452. The molecule has 0 radical (unpaired) electrons. The number of benzene rings is 1. The lowest BCUT2D eigenvalue weighted by Crippen LogP contribution is -2.61. The second-order valence-corrected chi connectivity index (χ2v) is 7.05. The lowest BCUT2D eigenvalue weighted by molar-refractivity contribution is 0.216. The zero-order chi connectivity index (χ0) is 13.3. The average molecular weight is 344 g/mol. The number of hydrogen-bond acceptors (Lipinski definition) is 2. The fourth-order valence-corrected chi connectivity index (χ4v) is 3.84. The van der Waals surface area contributed by atoms with E-state index < -0.39 is 0 Å². The van der Waals surface area contributed by atoms with E-state index >= 15 is 0 Å². The maximum atomic E-state index is 6.22. The Balaban J connectivity index is 1.78. The maximum absolute atomic E-state index is 6.22. The molecule has 0 bridgehead atoms. The summed E-state index contributed by atoms with van der Waals surface area (Å²) in [6, 6.07) is 6.29. The first-order valence-electron chi connectivity index (χ1n) is 7.14. The maximum Gasteiger partial charge on any atom is 0.0568 e. The fraction of sp³-hybridized carbons (Fsp3) is 0.600. The van der Waals surface area contributed by atoms with Crippen LogP contribution >= 0.6 is 27.5 Å². The summed E-state index contributed by atoms with van der Waals surface area (Å²) in [4.78, 5) is 2.49. The molecular weight excluding hydrogens is 324 g/mol. The van der Waals surface area contributed by atoms with Gasteiger partial charge < -0.3 is 10.2 Å². The van der Waals surface area contributed by atoms with Crippen LogP contribution in [0, 0.1) is 0 Å². The summed E-state index contributed by atoms with van der Waals surface area (Å²) in [7, 11) is 0. The minimum Gasteiger partial charge on any atom is -0.368 e. The smallest absolute Gasteiger partial charge is 0.0568 e. The monoisotopic (exact) mass is 342 g/mol. The zero-order valence-corrected chi connectivity index (χ0v) is 13.4. The molecular formula is C15H20BrClN2. The van der Waals surface area contributed by atoms with Crippen LogP contribution in [-0.4, -0.2) is 25.2 Å². The first kappa shape index (κ1) is 13.7. The van der Waals surface area contributed by atoms with Gasteiger partial charge in [-0.2, -0.15) is 0 Å². The second-order valence-electron chi connectivity index (χ2n) is 5.79. The van der Waals surface area contributed by atoms with Crippen molar-refractivity contribution in [3.05, 3.63) is 27.7 Å². The molecule has 0 amide bonds. The van der Waals surface area contributed by atoms with Gasteiger partial charge in [0.15, 0.2) is 0 Å². The molecule has 1 N–H and O–H groups in total. The van der Waals surface area contributed by atoms with Crippen LogP contribution < -0.4 is 10.2 Å². The van der Waals surface area contributed by atoms with Gasteiger partial charge in [0.05, 0.1) is 5.02 Å². The van der Waals surface area contributed by atoms with E-state index in [0.717, 1.165) is 29.1 Å². The first-order chi connectivity index (χ1) is 9.19. The van der Waals surface area contributed by atoms with E-state index in [1.165, 1.54) is 37.8 Å². The Kier molecular flexibility index (Phi) is 4.06. The van der Waals surface area contributed by atoms with Crippen molar-refractivity contribution in [1.29, 1.82) is 0 Å². The summed E-state index contributed by atoms with van der Waals surface area (Å²) in [6.45, 7) is 3.26. The van der Waals surface area contributed by atoms with Gasteiger partial charge in [-0.3, -0.25) is 0 Å². The van der Waals surface area contributed by atoms with Gasteiger partial charge in [-0.05, 0) is 47.0 Å². The second kappa shape index (κ2) is 5.63. The van der Waals surface area contributed by atoms with Crippen LogP contribution in [0.1, 0.15) is 32.1 Å². The third-order valence-corrected chi connectivity index (χ3v) is 5.69. The van der Waals surface area contributed by atoms with Crippen LogP contribution in [0.15, 0.2) is 22.7 Å². The first-order valence-corrected chi connectivity index (χ1v) is 8.31. The predicted octanol–water partition coefficient (Wildman–Crippen LogP) is 4.22. The zero-order valence-electron chi connectivity index (χ0n) is 11.1. The molecule has 3 rings (SSSR count). The van der Waals surface area contributed by atoms with Crippen LogP contribution in [0.25, 0.3) is 0 Å². The Morgan fingerprint density at radius 2 is 2.00 bits per heavy atom. The number of halogens is 2. The summed E-state index contributed by atoms with van der Waals surface area (Å²) in [5.74, 6) is 0. The Labute approximate surface area is 128 Å². The topological polar surface area (TPSA) is 15.3 Å². The van der Waals surface area contributed by atoms with Crippen LogP contribution in [0.5, 0.6) is 0 Å². The van der Waals surface area contributed by atoms with Gasteiger partial charge in [0.1, 0.15) is 0 Å². The van der Waals surface area contributed by atoms with Gasteiger partial charge in [0, 0.05) is 35.3 Å².